The van der Waals surface area contributed by atoms with E-state index in [1.54, 1.807) is 0 Å². The van der Waals surface area contributed by atoms with Crippen LogP contribution in [0.4, 0.5) is 0 Å². The summed E-state index contributed by atoms with van der Waals surface area (Å²) in [4.78, 5) is 35.5. The van der Waals surface area contributed by atoms with Crippen molar-refractivity contribution in [2.75, 3.05) is 27.4 Å². The normalized spacial score (nSPS) is 47.9. The van der Waals surface area contributed by atoms with Gasteiger partial charge < -0.3 is 29.2 Å². The SMILES string of the molecule is COC(=O)CCC(C)[C@H]1CCC2C3C[C@@H](O)[C@H]4CC(=O)CC[C@]4(C)C3CC[C@@]21C.COC(=O)CCC(C)[C@H]1CCC2C3C[C@@H](O)[C@H]4CC5(CC[C@]4(C)C3CC[C@@]21C)OCCO5. The van der Waals surface area contributed by atoms with E-state index in [9.17, 15) is 24.6 Å². The summed E-state index contributed by atoms with van der Waals surface area (Å²) in [6, 6.07) is 0. The average molecular weight is 853 g/mol. The number of aliphatic hydroxyl groups is 2. The van der Waals surface area contributed by atoms with Crippen LogP contribution >= 0.6 is 0 Å². The molecule has 1 spiro atoms. The second-order valence-electron chi connectivity index (χ2n) is 23.8. The second-order valence-corrected chi connectivity index (χ2v) is 23.8. The molecule has 9 nitrogen and oxygen atoms in total. The number of hydrogen-bond acceptors (Lipinski definition) is 9. The van der Waals surface area contributed by atoms with Crippen LogP contribution in [0.15, 0.2) is 0 Å². The zero-order chi connectivity index (χ0) is 43.7. The standard InChI is InChI=1S/C27H44O5.C25H40O4/c1-17(5-8-24(29)30-4)19-6-7-20-18-15-23(28)22-16-27(31-13-14-32-27)12-11-26(22,3)21(18)9-10-25(19,20)2;1-15(5-8-23(28)29-4)18-6-7-19-17-14-22(27)21-13-16(26)9-11-25(21,3)20(17)10-12-24(18,19)2/h17-23,28H,5-16H2,1-4H3;15,17-22,27H,5-14H2,1-4H3/t17?,18?,19-,20?,21?,22-,23-,25-,26-;15?,17?,18-,19?,20?,21-,22-,24-,25-/m11/s1. The van der Waals surface area contributed by atoms with Crippen LogP contribution in [-0.2, 0) is 33.3 Å². The molecule has 346 valence electrons. The predicted octanol–water partition coefficient (Wildman–Crippen LogP) is 9.72. The topological polar surface area (TPSA) is 129 Å². The summed E-state index contributed by atoms with van der Waals surface area (Å²) >= 11 is 0. The summed E-state index contributed by atoms with van der Waals surface area (Å²) in [6.45, 7) is 16.0. The number of carbonyl (C=O) groups excluding carboxylic acids is 3. The highest BCUT2D eigenvalue weighted by Crippen LogP contribution is 2.70. The number of methoxy groups -OCH3 is 2. The van der Waals surface area contributed by atoms with Crippen LogP contribution in [0.25, 0.3) is 0 Å². The van der Waals surface area contributed by atoms with Gasteiger partial charge in [0.2, 0.25) is 0 Å². The van der Waals surface area contributed by atoms with E-state index < -0.39 is 5.79 Å². The molecule has 61 heavy (non-hydrogen) atoms. The summed E-state index contributed by atoms with van der Waals surface area (Å²) in [5.41, 5.74) is 0.988. The van der Waals surface area contributed by atoms with Crippen LogP contribution in [-0.4, -0.2) is 73.4 Å². The fourth-order valence-electron chi connectivity index (χ4n) is 18.3. The Kier molecular flexibility index (Phi) is 13.1. The molecule has 9 rings (SSSR count). The first-order valence-corrected chi connectivity index (χ1v) is 25.2. The molecular formula is C52H84O9. The Morgan fingerprint density at radius 3 is 1.57 bits per heavy atom. The minimum Gasteiger partial charge on any atom is -0.469 e. The molecule has 1 saturated heterocycles. The maximum Gasteiger partial charge on any atom is 0.305 e. The van der Waals surface area contributed by atoms with Crippen LogP contribution in [0.2, 0.25) is 0 Å². The highest BCUT2D eigenvalue weighted by Gasteiger charge is 2.65. The first-order chi connectivity index (χ1) is 28.9. The Hall–Kier alpha value is -1.55. The number of ether oxygens (including phenoxy) is 4. The first kappa shape index (κ1) is 46.0. The van der Waals surface area contributed by atoms with Crippen molar-refractivity contribution in [3.8, 4) is 0 Å². The number of carbonyl (C=O) groups is 3. The van der Waals surface area contributed by atoms with E-state index in [0.29, 0.717) is 115 Å². The molecule has 0 aromatic rings. The summed E-state index contributed by atoms with van der Waals surface area (Å²) < 4.78 is 21.9. The molecular weight excluding hydrogens is 769 g/mol. The van der Waals surface area contributed by atoms with Gasteiger partial charge >= 0.3 is 11.9 Å². The Morgan fingerprint density at radius 1 is 0.623 bits per heavy atom. The molecule has 0 radical (unpaired) electrons. The van der Waals surface area contributed by atoms with Gasteiger partial charge in [-0.15, -0.1) is 0 Å². The minimum absolute atomic E-state index is 0.0834. The summed E-state index contributed by atoms with van der Waals surface area (Å²) in [6.07, 6.45) is 19.5. The quantitative estimate of drug-likeness (QED) is 0.230. The maximum atomic E-state index is 12.1. The fourth-order valence-corrected chi connectivity index (χ4v) is 18.3. The molecule has 0 aromatic heterocycles. The van der Waals surface area contributed by atoms with Gasteiger partial charge in [0, 0.05) is 38.5 Å². The average Bonchev–Trinajstić information content (AvgIpc) is 3.95. The largest absolute Gasteiger partial charge is 0.469 e. The highest BCUT2D eigenvalue weighted by molar-refractivity contribution is 5.79. The molecule has 1 heterocycles. The van der Waals surface area contributed by atoms with Crippen molar-refractivity contribution in [3.63, 3.8) is 0 Å². The van der Waals surface area contributed by atoms with Gasteiger partial charge in [-0.25, -0.2) is 0 Å². The second kappa shape index (κ2) is 17.3. The van der Waals surface area contributed by atoms with E-state index in [2.05, 4.69) is 41.5 Å². The lowest BCUT2D eigenvalue weighted by atomic mass is 9.43. The van der Waals surface area contributed by atoms with Crippen LogP contribution in [0.5, 0.6) is 0 Å². The molecule has 1 aliphatic heterocycles. The van der Waals surface area contributed by atoms with Crippen molar-refractivity contribution in [3.05, 3.63) is 0 Å². The molecule has 0 aromatic carbocycles. The molecule has 8 unspecified atom stereocenters. The van der Waals surface area contributed by atoms with E-state index in [-0.39, 0.29) is 46.8 Å². The number of hydrogen-bond donors (Lipinski definition) is 2. The third-order valence-electron chi connectivity index (χ3n) is 21.6. The number of aliphatic hydroxyl groups excluding tert-OH is 2. The van der Waals surface area contributed by atoms with Crippen LogP contribution in [0.1, 0.15) is 170 Å². The third kappa shape index (κ3) is 7.91. The van der Waals surface area contributed by atoms with Crippen molar-refractivity contribution < 1.29 is 43.5 Å². The van der Waals surface area contributed by atoms with E-state index in [4.69, 9.17) is 18.9 Å². The van der Waals surface area contributed by atoms with Gasteiger partial charge in [-0.2, -0.15) is 0 Å². The predicted molar refractivity (Wildman–Crippen MR) is 234 cm³/mol. The van der Waals surface area contributed by atoms with Crippen molar-refractivity contribution in [2.45, 2.75) is 188 Å². The lowest BCUT2D eigenvalue weighted by Crippen LogP contribution is -2.60. The Bertz CT molecular complexity index is 1610. The molecule has 18 atom stereocenters. The van der Waals surface area contributed by atoms with E-state index >= 15 is 0 Å². The van der Waals surface area contributed by atoms with Gasteiger partial charge in [0.15, 0.2) is 5.79 Å². The van der Waals surface area contributed by atoms with Crippen LogP contribution in [0.3, 0.4) is 0 Å². The fraction of sp³-hybridized carbons (Fsp3) is 0.942. The zero-order valence-electron chi connectivity index (χ0n) is 39.4. The lowest BCUT2D eigenvalue weighted by Gasteiger charge is -2.63. The molecule has 9 heteroatoms. The Labute approximate surface area is 368 Å². The zero-order valence-corrected chi connectivity index (χ0v) is 39.4. The molecule has 9 aliphatic rings. The maximum absolute atomic E-state index is 12.1. The number of fused-ring (bicyclic) bond motifs is 10. The van der Waals surface area contributed by atoms with Gasteiger partial charge in [0.25, 0.3) is 0 Å². The van der Waals surface area contributed by atoms with Crippen molar-refractivity contribution in [1.29, 1.82) is 0 Å². The van der Waals surface area contributed by atoms with E-state index in [0.717, 1.165) is 51.4 Å². The molecule has 0 amide bonds. The molecule has 8 saturated carbocycles. The smallest absolute Gasteiger partial charge is 0.305 e. The van der Waals surface area contributed by atoms with Crippen LogP contribution < -0.4 is 0 Å². The van der Waals surface area contributed by atoms with Crippen LogP contribution in [0, 0.1) is 92.7 Å². The molecule has 9 fully saturated rings. The minimum atomic E-state index is -0.422. The Balaban J connectivity index is 0.000000169. The van der Waals surface area contributed by atoms with Gasteiger partial charge in [-0.3, -0.25) is 14.4 Å². The first-order valence-electron chi connectivity index (χ1n) is 25.2. The van der Waals surface area contributed by atoms with Gasteiger partial charge in [-0.1, -0.05) is 41.5 Å². The number of esters is 2. The number of rotatable bonds is 8. The molecule has 2 N–H and O–H groups in total. The summed E-state index contributed by atoms with van der Waals surface area (Å²) in [5.74, 6) is 6.59. The molecule has 0 bridgehead atoms. The van der Waals surface area contributed by atoms with Crippen molar-refractivity contribution in [1.82, 2.24) is 0 Å². The number of ketones is 1. The van der Waals surface area contributed by atoms with E-state index in [1.165, 1.54) is 65.6 Å². The highest BCUT2D eigenvalue weighted by atomic mass is 16.7. The lowest BCUT2D eigenvalue weighted by molar-refractivity contribution is -0.248. The summed E-state index contributed by atoms with van der Waals surface area (Å²) in [7, 11) is 2.96. The van der Waals surface area contributed by atoms with Gasteiger partial charge in [0.1, 0.15) is 5.78 Å². The Morgan fingerprint density at radius 2 is 1.08 bits per heavy atom. The van der Waals surface area contributed by atoms with E-state index in [1.807, 2.05) is 0 Å². The monoisotopic (exact) mass is 853 g/mol. The summed E-state index contributed by atoms with van der Waals surface area (Å²) in [5, 5.41) is 22.5. The van der Waals surface area contributed by atoms with Crippen molar-refractivity contribution >= 4 is 17.7 Å². The third-order valence-corrected chi connectivity index (χ3v) is 21.6. The number of Topliss-reactive ketones (excluding diaryl/α,β-unsaturated/α-hetero) is 1. The van der Waals surface area contributed by atoms with Gasteiger partial charge in [0.05, 0.1) is 39.6 Å². The van der Waals surface area contributed by atoms with Gasteiger partial charge in [-0.05, 0) is 183 Å². The molecule has 8 aliphatic carbocycles. The van der Waals surface area contributed by atoms with Crippen molar-refractivity contribution in [2.24, 2.45) is 92.7 Å².